The Balaban J connectivity index is 1.76. The summed E-state index contributed by atoms with van der Waals surface area (Å²) in [5, 5.41) is 4.53. The summed E-state index contributed by atoms with van der Waals surface area (Å²) in [6.07, 6.45) is 10.4. The lowest BCUT2D eigenvalue weighted by molar-refractivity contribution is 0.587. The zero-order chi connectivity index (χ0) is 17.6. The van der Waals surface area contributed by atoms with Crippen molar-refractivity contribution in [1.82, 2.24) is 14.8 Å². The fourth-order valence-corrected chi connectivity index (χ4v) is 2.93. The van der Waals surface area contributed by atoms with Crippen molar-refractivity contribution in [3.8, 4) is 16.8 Å². The molecule has 3 aromatic rings. The molecule has 3 heteroatoms. The van der Waals surface area contributed by atoms with E-state index in [9.17, 15) is 0 Å². The first-order valence-electron chi connectivity index (χ1n) is 9.25. The van der Waals surface area contributed by atoms with Gasteiger partial charge in [-0.15, -0.1) is 0 Å². The Morgan fingerprint density at radius 1 is 1.00 bits per heavy atom. The first-order valence-corrected chi connectivity index (χ1v) is 9.25. The van der Waals surface area contributed by atoms with Crippen molar-refractivity contribution in [2.45, 2.75) is 46.5 Å². The number of pyridine rings is 1. The molecule has 1 aromatic carbocycles. The summed E-state index contributed by atoms with van der Waals surface area (Å²) < 4.78 is 1.93. The number of benzene rings is 1. The van der Waals surface area contributed by atoms with Crippen molar-refractivity contribution in [3.05, 3.63) is 66.2 Å². The predicted octanol–water partition coefficient (Wildman–Crippen LogP) is 5.48. The topological polar surface area (TPSA) is 30.7 Å². The van der Waals surface area contributed by atoms with Gasteiger partial charge in [0.25, 0.3) is 0 Å². The van der Waals surface area contributed by atoms with Gasteiger partial charge in [0.2, 0.25) is 0 Å². The lowest BCUT2D eigenvalue weighted by atomic mass is 10.0. The third-order valence-electron chi connectivity index (χ3n) is 4.45. The van der Waals surface area contributed by atoms with E-state index in [0.717, 1.165) is 42.1 Å². The Morgan fingerprint density at radius 3 is 2.52 bits per heavy atom. The Kier molecular flexibility index (Phi) is 5.64. The van der Waals surface area contributed by atoms with Gasteiger partial charge in [-0.2, -0.15) is 5.10 Å². The molecule has 0 amide bonds. The molecule has 130 valence electrons. The summed E-state index contributed by atoms with van der Waals surface area (Å²) >= 11 is 0. The van der Waals surface area contributed by atoms with Gasteiger partial charge in [-0.3, -0.25) is 4.98 Å². The smallest absolute Gasteiger partial charge is 0.0679 e. The van der Waals surface area contributed by atoms with Crippen molar-refractivity contribution in [1.29, 1.82) is 0 Å². The van der Waals surface area contributed by atoms with E-state index < -0.39 is 0 Å². The summed E-state index contributed by atoms with van der Waals surface area (Å²) in [4.78, 5) is 4.42. The fraction of sp³-hybridized carbons (Fsp3) is 0.364. The largest absolute Gasteiger partial charge is 0.261 e. The van der Waals surface area contributed by atoms with Crippen molar-refractivity contribution in [3.63, 3.8) is 0 Å². The Morgan fingerprint density at radius 2 is 1.80 bits per heavy atom. The van der Waals surface area contributed by atoms with E-state index >= 15 is 0 Å². The van der Waals surface area contributed by atoms with Gasteiger partial charge in [0, 0.05) is 23.7 Å². The van der Waals surface area contributed by atoms with Crippen LogP contribution >= 0.6 is 0 Å². The van der Waals surface area contributed by atoms with Crippen LogP contribution in [0, 0.1) is 5.92 Å². The Hall–Kier alpha value is -2.42. The number of rotatable bonds is 7. The summed E-state index contributed by atoms with van der Waals surface area (Å²) in [6, 6.07) is 13.0. The maximum atomic E-state index is 4.53. The number of aromatic nitrogens is 3. The fourth-order valence-electron chi connectivity index (χ4n) is 2.93. The standard InChI is InChI=1S/C22H27N3/c1-4-5-21-14-22(12-13-23-21)25-16-20(15-24-25)19-10-8-18(9-11-19)7-6-17(2)3/h8-17H,4-7H2,1-3H3. The molecule has 0 bridgehead atoms. The molecular formula is C22H27N3. The lowest BCUT2D eigenvalue weighted by Gasteiger charge is -2.05. The second-order valence-electron chi connectivity index (χ2n) is 7.06. The molecule has 0 fully saturated rings. The average Bonchev–Trinajstić information content (AvgIpc) is 3.11. The summed E-state index contributed by atoms with van der Waals surface area (Å²) in [7, 11) is 0. The van der Waals surface area contributed by atoms with Gasteiger partial charge in [0.15, 0.2) is 0 Å². The third kappa shape index (κ3) is 4.56. The van der Waals surface area contributed by atoms with E-state index in [4.69, 9.17) is 0 Å². The molecule has 0 spiro atoms. The SMILES string of the molecule is CCCc1cc(-n2cc(-c3ccc(CCC(C)C)cc3)cn2)ccn1. The molecule has 0 N–H and O–H groups in total. The van der Waals surface area contributed by atoms with Crippen LogP contribution < -0.4 is 0 Å². The van der Waals surface area contributed by atoms with Crippen LogP contribution in [0.5, 0.6) is 0 Å². The van der Waals surface area contributed by atoms with Gasteiger partial charge in [-0.05, 0) is 48.4 Å². The first-order chi connectivity index (χ1) is 12.2. The third-order valence-corrected chi connectivity index (χ3v) is 4.45. The highest BCUT2D eigenvalue weighted by Crippen LogP contribution is 2.22. The molecular weight excluding hydrogens is 306 g/mol. The van der Waals surface area contributed by atoms with Crippen LogP contribution in [0.3, 0.4) is 0 Å². The minimum absolute atomic E-state index is 0.746. The van der Waals surface area contributed by atoms with Crippen LogP contribution in [0.15, 0.2) is 55.0 Å². The molecule has 0 aliphatic rings. The highest BCUT2D eigenvalue weighted by molar-refractivity contribution is 5.62. The zero-order valence-electron chi connectivity index (χ0n) is 15.4. The molecule has 0 unspecified atom stereocenters. The van der Waals surface area contributed by atoms with Crippen LogP contribution in [0.25, 0.3) is 16.8 Å². The second-order valence-corrected chi connectivity index (χ2v) is 7.06. The van der Waals surface area contributed by atoms with Crippen LogP contribution in [0.2, 0.25) is 0 Å². The minimum Gasteiger partial charge on any atom is -0.261 e. The molecule has 0 saturated heterocycles. The van der Waals surface area contributed by atoms with E-state index in [1.807, 2.05) is 23.1 Å². The molecule has 0 aliphatic carbocycles. The van der Waals surface area contributed by atoms with Crippen LogP contribution in [0.4, 0.5) is 0 Å². The molecule has 2 aromatic heterocycles. The quantitative estimate of drug-likeness (QED) is 0.573. The average molecular weight is 333 g/mol. The van der Waals surface area contributed by atoms with Crippen LogP contribution in [0.1, 0.15) is 44.9 Å². The van der Waals surface area contributed by atoms with E-state index in [2.05, 4.69) is 67.4 Å². The summed E-state index contributed by atoms with van der Waals surface area (Å²) in [5.74, 6) is 0.746. The number of nitrogens with zero attached hydrogens (tertiary/aromatic N) is 3. The monoisotopic (exact) mass is 333 g/mol. The first kappa shape index (κ1) is 17.4. The molecule has 3 nitrogen and oxygen atoms in total. The minimum atomic E-state index is 0.746. The zero-order valence-corrected chi connectivity index (χ0v) is 15.4. The van der Waals surface area contributed by atoms with Crippen LogP contribution in [-0.2, 0) is 12.8 Å². The number of aryl methyl sites for hydroxylation is 2. The Labute approximate surface area is 150 Å². The van der Waals surface area contributed by atoms with Crippen molar-refractivity contribution in [2.75, 3.05) is 0 Å². The van der Waals surface area contributed by atoms with E-state index in [0.29, 0.717) is 0 Å². The molecule has 0 radical (unpaired) electrons. The highest BCUT2D eigenvalue weighted by atomic mass is 15.3. The van der Waals surface area contributed by atoms with Crippen molar-refractivity contribution < 1.29 is 0 Å². The van der Waals surface area contributed by atoms with Gasteiger partial charge < -0.3 is 0 Å². The summed E-state index contributed by atoms with van der Waals surface area (Å²) in [5.41, 5.74) is 5.94. The molecule has 0 saturated carbocycles. The van der Waals surface area contributed by atoms with Gasteiger partial charge >= 0.3 is 0 Å². The molecule has 0 atom stereocenters. The number of hydrogen-bond acceptors (Lipinski definition) is 2. The van der Waals surface area contributed by atoms with E-state index in [-0.39, 0.29) is 0 Å². The van der Waals surface area contributed by atoms with Gasteiger partial charge in [-0.25, -0.2) is 4.68 Å². The predicted molar refractivity (Wildman–Crippen MR) is 104 cm³/mol. The van der Waals surface area contributed by atoms with Gasteiger partial charge in [0.05, 0.1) is 11.9 Å². The van der Waals surface area contributed by atoms with Gasteiger partial charge in [-0.1, -0.05) is 51.5 Å². The maximum absolute atomic E-state index is 4.53. The van der Waals surface area contributed by atoms with Crippen molar-refractivity contribution in [2.24, 2.45) is 5.92 Å². The molecule has 2 heterocycles. The molecule has 0 aliphatic heterocycles. The molecule has 3 rings (SSSR count). The maximum Gasteiger partial charge on any atom is 0.0679 e. The molecule has 25 heavy (non-hydrogen) atoms. The Bertz CT molecular complexity index is 800. The van der Waals surface area contributed by atoms with Gasteiger partial charge in [0.1, 0.15) is 0 Å². The van der Waals surface area contributed by atoms with Crippen molar-refractivity contribution >= 4 is 0 Å². The summed E-state index contributed by atoms with van der Waals surface area (Å²) in [6.45, 7) is 6.72. The highest BCUT2D eigenvalue weighted by Gasteiger charge is 2.05. The van der Waals surface area contributed by atoms with E-state index in [1.165, 1.54) is 17.5 Å². The van der Waals surface area contributed by atoms with E-state index in [1.54, 1.807) is 0 Å². The normalized spacial score (nSPS) is 11.2. The second kappa shape index (κ2) is 8.11. The van der Waals surface area contributed by atoms with Crippen LogP contribution in [-0.4, -0.2) is 14.8 Å². The number of hydrogen-bond donors (Lipinski definition) is 0. The lowest BCUT2D eigenvalue weighted by Crippen LogP contribution is -1.97.